The van der Waals surface area contributed by atoms with Crippen LogP contribution in [0.1, 0.15) is 26.7 Å². The maximum atomic E-state index is 10.9. The van der Waals surface area contributed by atoms with Crippen LogP contribution in [-0.4, -0.2) is 49.8 Å². The van der Waals surface area contributed by atoms with Gasteiger partial charge in [0.2, 0.25) is 0 Å². The lowest BCUT2D eigenvalue weighted by atomic mass is 10.2. The number of carbonyl (C=O) groups is 1. The molecule has 88 valence electrons. The molecule has 0 aromatic carbocycles. The minimum atomic E-state index is -0.271. The van der Waals surface area contributed by atoms with Crippen LogP contribution in [0.15, 0.2) is 0 Å². The Bertz CT molecular complexity index is 196. The first-order valence-electron chi connectivity index (χ1n) is 5.71. The molecule has 1 aliphatic heterocycles. The molecule has 0 amide bonds. The van der Waals surface area contributed by atoms with Gasteiger partial charge in [-0.15, -0.1) is 0 Å². The van der Waals surface area contributed by atoms with Gasteiger partial charge in [0.15, 0.2) is 0 Å². The van der Waals surface area contributed by atoms with Gasteiger partial charge in [0, 0.05) is 12.6 Å². The average Bonchev–Trinajstić information content (AvgIpc) is 2.60. The highest BCUT2D eigenvalue weighted by atomic mass is 16.6. The summed E-state index contributed by atoms with van der Waals surface area (Å²) in [5.74, 6) is -0.271. The number of esters is 1. The molecule has 1 unspecified atom stereocenters. The summed E-state index contributed by atoms with van der Waals surface area (Å²) in [6.07, 6.45) is 2.55. The molecule has 1 fully saturated rings. The van der Waals surface area contributed by atoms with Gasteiger partial charge in [0.1, 0.15) is 6.61 Å². The van der Waals surface area contributed by atoms with Gasteiger partial charge in [-0.25, -0.2) is 4.79 Å². The van der Waals surface area contributed by atoms with Crippen molar-refractivity contribution < 1.29 is 14.3 Å². The third-order valence-corrected chi connectivity index (χ3v) is 2.74. The molecule has 1 atom stereocenters. The molecule has 4 heteroatoms. The summed E-state index contributed by atoms with van der Waals surface area (Å²) in [6, 6.07) is 0.663. The number of hydrogen-bond donors (Lipinski definition) is 0. The molecular weight excluding hydrogens is 194 g/mol. The molecule has 0 saturated carbocycles. The average molecular weight is 215 g/mol. The van der Waals surface area contributed by atoms with E-state index < -0.39 is 0 Å². The third kappa shape index (κ3) is 4.62. The molecular formula is C11H21NO3. The maximum absolute atomic E-state index is 10.9. The monoisotopic (exact) mass is 215 g/mol. The van der Waals surface area contributed by atoms with Crippen molar-refractivity contribution in [3.8, 4) is 0 Å². The van der Waals surface area contributed by atoms with Gasteiger partial charge in [0.25, 0.3) is 0 Å². The van der Waals surface area contributed by atoms with E-state index in [1.807, 2.05) is 0 Å². The molecule has 0 spiro atoms. The van der Waals surface area contributed by atoms with Crippen LogP contribution >= 0.6 is 0 Å². The van der Waals surface area contributed by atoms with E-state index in [2.05, 4.69) is 11.8 Å². The Morgan fingerprint density at radius 3 is 2.93 bits per heavy atom. The minimum absolute atomic E-state index is 0.0794. The Hall–Kier alpha value is -0.610. The van der Waals surface area contributed by atoms with Gasteiger partial charge >= 0.3 is 5.97 Å². The first-order chi connectivity index (χ1) is 7.24. The predicted molar refractivity (Wildman–Crippen MR) is 57.7 cm³/mol. The number of likely N-dealkylation sites (tertiary alicyclic amines) is 1. The van der Waals surface area contributed by atoms with E-state index >= 15 is 0 Å². The second kappa shape index (κ2) is 6.80. The van der Waals surface area contributed by atoms with Gasteiger partial charge in [-0.3, -0.25) is 4.90 Å². The summed E-state index contributed by atoms with van der Waals surface area (Å²) in [6.45, 7) is 7.22. The van der Waals surface area contributed by atoms with Crippen molar-refractivity contribution in [3.63, 3.8) is 0 Å². The summed E-state index contributed by atoms with van der Waals surface area (Å²) in [5, 5.41) is 0. The van der Waals surface area contributed by atoms with E-state index in [4.69, 9.17) is 9.47 Å². The summed E-state index contributed by atoms with van der Waals surface area (Å²) < 4.78 is 10.00. The highest BCUT2D eigenvalue weighted by Crippen LogP contribution is 2.15. The standard InChI is InChI=1S/C11H21NO3/c1-3-15-11(13)9-14-8-7-12-6-4-5-10(12)2/h10H,3-9H2,1-2H3. The smallest absolute Gasteiger partial charge is 0.332 e. The number of rotatable bonds is 6. The lowest BCUT2D eigenvalue weighted by Gasteiger charge is -2.20. The molecule has 1 saturated heterocycles. The fourth-order valence-corrected chi connectivity index (χ4v) is 1.86. The molecule has 0 radical (unpaired) electrons. The minimum Gasteiger partial charge on any atom is -0.464 e. The van der Waals surface area contributed by atoms with Gasteiger partial charge < -0.3 is 9.47 Å². The predicted octanol–water partition coefficient (Wildman–Crippen LogP) is 1.05. The number of hydrogen-bond acceptors (Lipinski definition) is 4. The van der Waals surface area contributed by atoms with Crippen molar-refractivity contribution in [2.24, 2.45) is 0 Å². The van der Waals surface area contributed by atoms with Gasteiger partial charge in [-0.1, -0.05) is 0 Å². The van der Waals surface area contributed by atoms with Crippen molar-refractivity contribution in [1.29, 1.82) is 0 Å². The molecule has 4 nitrogen and oxygen atoms in total. The Labute approximate surface area is 91.5 Å². The number of carbonyl (C=O) groups excluding carboxylic acids is 1. The van der Waals surface area contributed by atoms with Crippen LogP contribution in [-0.2, 0) is 14.3 Å². The molecule has 1 rings (SSSR count). The Balaban J connectivity index is 1.99. The summed E-state index contributed by atoms with van der Waals surface area (Å²) in [5.41, 5.74) is 0. The van der Waals surface area contributed by atoms with Crippen LogP contribution in [0.5, 0.6) is 0 Å². The fourth-order valence-electron chi connectivity index (χ4n) is 1.86. The van der Waals surface area contributed by atoms with Crippen LogP contribution in [0.3, 0.4) is 0 Å². The first-order valence-corrected chi connectivity index (χ1v) is 5.71. The van der Waals surface area contributed by atoms with E-state index in [1.165, 1.54) is 12.8 Å². The van der Waals surface area contributed by atoms with E-state index in [1.54, 1.807) is 6.92 Å². The highest BCUT2D eigenvalue weighted by molar-refractivity contribution is 5.70. The normalized spacial score (nSPS) is 21.9. The molecule has 0 aromatic heterocycles. The molecule has 0 aliphatic carbocycles. The molecule has 1 aliphatic rings. The molecule has 0 N–H and O–H groups in total. The van der Waals surface area contributed by atoms with E-state index in [0.717, 1.165) is 13.1 Å². The van der Waals surface area contributed by atoms with Crippen molar-refractivity contribution >= 4 is 5.97 Å². The number of nitrogens with zero attached hydrogens (tertiary/aromatic N) is 1. The lowest BCUT2D eigenvalue weighted by molar-refractivity contribution is -0.148. The zero-order valence-corrected chi connectivity index (χ0v) is 9.70. The Kier molecular flexibility index (Phi) is 5.65. The fraction of sp³-hybridized carbons (Fsp3) is 0.909. The Morgan fingerprint density at radius 2 is 2.33 bits per heavy atom. The zero-order valence-electron chi connectivity index (χ0n) is 9.70. The van der Waals surface area contributed by atoms with Crippen molar-refractivity contribution in [2.75, 3.05) is 32.9 Å². The highest BCUT2D eigenvalue weighted by Gasteiger charge is 2.19. The molecule has 1 heterocycles. The van der Waals surface area contributed by atoms with Gasteiger partial charge in [-0.2, -0.15) is 0 Å². The van der Waals surface area contributed by atoms with Crippen LogP contribution in [0, 0.1) is 0 Å². The van der Waals surface area contributed by atoms with Crippen molar-refractivity contribution in [3.05, 3.63) is 0 Å². The second-order valence-electron chi connectivity index (χ2n) is 3.88. The largest absolute Gasteiger partial charge is 0.464 e. The molecule has 0 bridgehead atoms. The van der Waals surface area contributed by atoms with Crippen molar-refractivity contribution in [2.45, 2.75) is 32.7 Å². The topological polar surface area (TPSA) is 38.8 Å². The first kappa shape index (κ1) is 12.5. The van der Waals surface area contributed by atoms with E-state index in [-0.39, 0.29) is 12.6 Å². The lowest BCUT2D eigenvalue weighted by Crippen LogP contribution is -2.31. The maximum Gasteiger partial charge on any atom is 0.332 e. The molecule has 0 aromatic rings. The van der Waals surface area contributed by atoms with Crippen LogP contribution in [0.25, 0.3) is 0 Å². The summed E-state index contributed by atoms with van der Waals surface area (Å²) in [7, 11) is 0. The van der Waals surface area contributed by atoms with Crippen LogP contribution < -0.4 is 0 Å². The van der Waals surface area contributed by atoms with Crippen LogP contribution in [0.2, 0.25) is 0 Å². The summed E-state index contributed by atoms with van der Waals surface area (Å²) >= 11 is 0. The SMILES string of the molecule is CCOC(=O)COCCN1CCCC1C. The second-order valence-corrected chi connectivity index (χ2v) is 3.88. The third-order valence-electron chi connectivity index (χ3n) is 2.74. The quantitative estimate of drug-likeness (QED) is 0.490. The zero-order chi connectivity index (χ0) is 11.1. The van der Waals surface area contributed by atoms with Crippen LogP contribution in [0.4, 0.5) is 0 Å². The van der Waals surface area contributed by atoms with Gasteiger partial charge in [-0.05, 0) is 33.2 Å². The molecule has 15 heavy (non-hydrogen) atoms. The van der Waals surface area contributed by atoms with Gasteiger partial charge in [0.05, 0.1) is 13.2 Å². The van der Waals surface area contributed by atoms with E-state index in [9.17, 15) is 4.79 Å². The Morgan fingerprint density at radius 1 is 1.53 bits per heavy atom. The van der Waals surface area contributed by atoms with Crippen molar-refractivity contribution in [1.82, 2.24) is 4.90 Å². The summed E-state index contributed by atoms with van der Waals surface area (Å²) in [4.78, 5) is 13.3. The number of ether oxygens (including phenoxy) is 2. The van der Waals surface area contributed by atoms with E-state index in [0.29, 0.717) is 19.3 Å².